The zero-order chi connectivity index (χ0) is 15.6. The molecule has 110 valence electrons. The van der Waals surface area contributed by atoms with E-state index in [1.807, 2.05) is 0 Å². The number of methoxy groups -OCH3 is 1. The van der Waals surface area contributed by atoms with Crippen LogP contribution in [0.1, 0.15) is 10.4 Å². The highest BCUT2D eigenvalue weighted by molar-refractivity contribution is 6.03. The molecule has 0 radical (unpaired) electrons. The molecule has 0 spiro atoms. The molecule has 1 heterocycles. The summed E-state index contributed by atoms with van der Waals surface area (Å²) in [5.74, 6) is -0.0364. The van der Waals surface area contributed by atoms with Crippen molar-refractivity contribution in [1.29, 1.82) is 0 Å². The van der Waals surface area contributed by atoms with E-state index >= 15 is 0 Å². The van der Waals surface area contributed by atoms with Gasteiger partial charge in [0.05, 0.1) is 18.4 Å². The predicted octanol–water partition coefficient (Wildman–Crippen LogP) is 0.862. The van der Waals surface area contributed by atoms with Crippen LogP contribution in [0.2, 0.25) is 0 Å². The van der Waals surface area contributed by atoms with Gasteiger partial charge in [0.15, 0.2) is 0 Å². The van der Waals surface area contributed by atoms with Crippen LogP contribution in [0.15, 0.2) is 24.3 Å². The molecule has 8 N–H and O–H groups in total. The fourth-order valence-corrected chi connectivity index (χ4v) is 1.95. The van der Waals surface area contributed by atoms with Crippen LogP contribution < -0.4 is 27.3 Å². The van der Waals surface area contributed by atoms with Crippen LogP contribution in [0.25, 0.3) is 11.3 Å². The summed E-state index contributed by atoms with van der Waals surface area (Å²) in [6.45, 7) is 0. The standard InChI is InChI=1S/C13H15N5O3/c1-21-10-3-2-6(14)4-7(10)9-5-8(11(15)19)12(17-9)18-13(16)20/h2-5,17H,14H2,1H3,(H2,15,19)(H3,16,18,20). The molecule has 3 amide bonds. The molecule has 0 aliphatic rings. The number of H-pyrrole nitrogens is 1. The van der Waals surface area contributed by atoms with Crippen LogP contribution in [0.5, 0.6) is 5.75 Å². The Balaban J connectivity index is 2.57. The van der Waals surface area contributed by atoms with Crippen molar-refractivity contribution in [3.05, 3.63) is 29.8 Å². The predicted molar refractivity (Wildman–Crippen MR) is 78.9 cm³/mol. The Hall–Kier alpha value is -3.16. The van der Waals surface area contributed by atoms with Gasteiger partial charge in [-0.15, -0.1) is 0 Å². The van der Waals surface area contributed by atoms with E-state index in [0.29, 0.717) is 22.7 Å². The van der Waals surface area contributed by atoms with Gasteiger partial charge in [0.1, 0.15) is 11.6 Å². The molecule has 0 atom stereocenters. The molecular formula is C13H15N5O3. The zero-order valence-electron chi connectivity index (χ0n) is 11.3. The number of hydrogen-bond acceptors (Lipinski definition) is 4. The van der Waals surface area contributed by atoms with Gasteiger partial charge in [0.25, 0.3) is 5.91 Å². The van der Waals surface area contributed by atoms with Gasteiger partial charge in [0.2, 0.25) is 0 Å². The van der Waals surface area contributed by atoms with Gasteiger partial charge in [0, 0.05) is 11.3 Å². The largest absolute Gasteiger partial charge is 0.496 e. The topological polar surface area (TPSA) is 149 Å². The van der Waals surface area contributed by atoms with Gasteiger partial charge < -0.3 is 26.9 Å². The highest BCUT2D eigenvalue weighted by atomic mass is 16.5. The van der Waals surface area contributed by atoms with Crippen LogP contribution in [0.4, 0.5) is 16.3 Å². The van der Waals surface area contributed by atoms with Crippen molar-refractivity contribution < 1.29 is 14.3 Å². The van der Waals surface area contributed by atoms with E-state index in [-0.39, 0.29) is 11.4 Å². The fraction of sp³-hybridized carbons (Fsp3) is 0.0769. The van der Waals surface area contributed by atoms with Gasteiger partial charge in [-0.25, -0.2) is 4.79 Å². The van der Waals surface area contributed by atoms with Gasteiger partial charge in [-0.05, 0) is 24.3 Å². The number of primary amides is 2. The minimum Gasteiger partial charge on any atom is -0.496 e. The summed E-state index contributed by atoms with van der Waals surface area (Å²) in [7, 11) is 1.51. The molecule has 0 saturated heterocycles. The highest BCUT2D eigenvalue weighted by Crippen LogP contribution is 2.33. The molecule has 0 aliphatic heterocycles. The Morgan fingerprint density at radius 2 is 1.95 bits per heavy atom. The smallest absolute Gasteiger partial charge is 0.317 e. The van der Waals surface area contributed by atoms with Gasteiger partial charge in [-0.3, -0.25) is 10.1 Å². The number of ether oxygens (including phenoxy) is 1. The molecule has 2 aromatic rings. The second kappa shape index (κ2) is 5.45. The van der Waals surface area contributed by atoms with Crippen molar-refractivity contribution >= 4 is 23.4 Å². The lowest BCUT2D eigenvalue weighted by molar-refractivity contribution is 0.100. The molecule has 8 nitrogen and oxygen atoms in total. The summed E-state index contributed by atoms with van der Waals surface area (Å²) in [5.41, 5.74) is 17.8. The number of aromatic amines is 1. The number of nitrogen functional groups attached to an aromatic ring is 1. The number of carbonyl (C=O) groups is 2. The lowest BCUT2D eigenvalue weighted by atomic mass is 10.1. The fourth-order valence-electron chi connectivity index (χ4n) is 1.95. The van der Waals surface area contributed by atoms with Crippen LogP contribution in [-0.2, 0) is 0 Å². The summed E-state index contributed by atoms with van der Waals surface area (Å²) in [5, 5.41) is 2.31. The normalized spacial score (nSPS) is 10.1. The van der Waals surface area contributed by atoms with E-state index in [0.717, 1.165) is 0 Å². The summed E-state index contributed by atoms with van der Waals surface area (Å²) < 4.78 is 5.24. The molecule has 0 fully saturated rings. The summed E-state index contributed by atoms with van der Waals surface area (Å²) in [6.07, 6.45) is 0. The minimum atomic E-state index is -0.814. The van der Waals surface area contributed by atoms with Crippen molar-refractivity contribution in [2.75, 3.05) is 18.2 Å². The van der Waals surface area contributed by atoms with Crippen molar-refractivity contribution in [3.63, 3.8) is 0 Å². The summed E-state index contributed by atoms with van der Waals surface area (Å²) in [6, 6.07) is 5.72. The molecule has 0 bridgehead atoms. The maximum atomic E-state index is 11.4. The SMILES string of the molecule is COc1ccc(N)cc1-c1cc(C(N)=O)c(NC(N)=O)[nH]1. The average molecular weight is 289 g/mol. The van der Waals surface area contributed by atoms with Gasteiger partial charge >= 0.3 is 6.03 Å². The van der Waals surface area contributed by atoms with E-state index in [9.17, 15) is 9.59 Å². The number of hydrogen-bond donors (Lipinski definition) is 5. The van der Waals surface area contributed by atoms with E-state index in [4.69, 9.17) is 21.9 Å². The third-order valence-electron chi connectivity index (χ3n) is 2.85. The number of anilines is 2. The van der Waals surface area contributed by atoms with Crippen LogP contribution >= 0.6 is 0 Å². The third-order valence-corrected chi connectivity index (χ3v) is 2.85. The number of rotatable bonds is 4. The highest BCUT2D eigenvalue weighted by Gasteiger charge is 2.17. The first-order chi connectivity index (χ1) is 9.92. The molecule has 0 saturated carbocycles. The first kappa shape index (κ1) is 14.3. The Morgan fingerprint density at radius 1 is 1.24 bits per heavy atom. The molecule has 0 unspecified atom stereocenters. The van der Waals surface area contributed by atoms with Crippen LogP contribution in [-0.4, -0.2) is 24.0 Å². The first-order valence-corrected chi connectivity index (χ1v) is 5.95. The number of aromatic nitrogens is 1. The monoisotopic (exact) mass is 289 g/mol. The van der Waals surface area contributed by atoms with Gasteiger partial charge in [-0.2, -0.15) is 0 Å². The van der Waals surface area contributed by atoms with Gasteiger partial charge in [-0.1, -0.05) is 0 Å². The quantitative estimate of drug-likeness (QED) is 0.530. The maximum Gasteiger partial charge on any atom is 0.317 e. The number of carbonyl (C=O) groups excluding carboxylic acids is 2. The summed E-state index contributed by atoms with van der Waals surface area (Å²) in [4.78, 5) is 25.2. The lowest BCUT2D eigenvalue weighted by Crippen LogP contribution is -2.22. The number of urea groups is 1. The Morgan fingerprint density at radius 3 is 2.52 bits per heavy atom. The molecule has 1 aromatic heterocycles. The maximum absolute atomic E-state index is 11.4. The third kappa shape index (κ3) is 2.89. The second-order valence-electron chi connectivity index (χ2n) is 4.28. The van der Waals surface area contributed by atoms with Crippen molar-refractivity contribution in [2.45, 2.75) is 0 Å². The van der Waals surface area contributed by atoms with E-state index < -0.39 is 11.9 Å². The summed E-state index contributed by atoms with van der Waals surface area (Å²) >= 11 is 0. The van der Waals surface area contributed by atoms with Crippen LogP contribution in [0.3, 0.4) is 0 Å². The van der Waals surface area contributed by atoms with Crippen LogP contribution in [0, 0.1) is 0 Å². The van der Waals surface area contributed by atoms with Crippen molar-refractivity contribution in [3.8, 4) is 17.0 Å². The van der Waals surface area contributed by atoms with E-state index in [2.05, 4.69) is 10.3 Å². The van der Waals surface area contributed by atoms with Crippen molar-refractivity contribution in [2.24, 2.45) is 11.5 Å². The molecule has 2 rings (SSSR count). The number of benzene rings is 1. The first-order valence-electron chi connectivity index (χ1n) is 5.95. The zero-order valence-corrected chi connectivity index (χ0v) is 11.3. The minimum absolute atomic E-state index is 0.105. The molecule has 21 heavy (non-hydrogen) atoms. The van der Waals surface area contributed by atoms with E-state index in [1.54, 1.807) is 18.2 Å². The molecule has 1 aromatic carbocycles. The average Bonchev–Trinajstić information content (AvgIpc) is 2.81. The number of nitrogens with one attached hydrogen (secondary N) is 2. The Kier molecular flexibility index (Phi) is 3.70. The molecule has 8 heteroatoms. The lowest BCUT2D eigenvalue weighted by Gasteiger charge is -2.07. The Labute approximate surface area is 120 Å². The Bertz CT molecular complexity index is 708. The van der Waals surface area contributed by atoms with Crippen molar-refractivity contribution in [1.82, 2.24) is 4.98 Å². The second-order valence-corrected chi connectivity index (χ2v) is 4.28. The molecule has 0 aliphatic carbocycles. The number of nitrogens with two attached hydrogens (primary N) is 3. The number of amides is 3. The molecular weight excluding hydrogens is 274 g/mol. The van der Waals surface area contributed by atoms with E-state index in [1.165, 1.54) is 13.2 Å².